The minimum atomic E-state index is -4.75. The Labute approximate surface area is 150 Å². The van der Waals surface area contributed by atoms with E-state index in [1.54, 1.807) is 24.3 Å². The number of nitrogens with one attached hydrogen (secondary N) is 1. The third-order valence-corrected chi connectivity index (χ3v) is 4.32. The highest BCUT2D eigenvalue weighted by Crippen LogP contribution is 2.34. The van der Waals surface area contributed by atoms with Gasteiger partial charge in [0.1, 0.15) is 5.82 Å². The molecule has 1 N–H and O–H groups in total. The standard InChI is InChI=1S/C17H11F4N3OS/c18-14-6-5-12(7-13(14)17(19,20)21)11-3-1-10(2-4-11)8-22-24-16-23-15(25)9-26-16/h1-8H,9H2,(H,23,24,25). The Morgan fingerprint density at radius 1 is 1.08 bits per heavy atom. The van der Waals surface area contributed by atoms with Crippen LogP contribution in [0.15, 0.2) is 52.7 Å². The SMILES string of the molecule is O=C1CSC(=NN=Cc2ccc(-c3ccc(F)c(C(F)(F)F)c3)cc2)N1. The Kier molecular flexibility index (Phi) is 5.08. The molecule has 2 aromatic carbocycles. The first-order valence-corrected chi connectivity index (χ1v) is 8.32. The van der Waals surface area contributed by atoms with Gasteiger partial charge in [-0.15, -0.1) is 5.10 Å². The van der Waals surface area contributed by atoms with Crippen molar-refractivity contribution in [1.29, 1.82) is 0 Å². The maximum atomic E-state index is 13.4. The number of rotatable bonds is 3. The van der Waals surface area contributed by atoms with E-state index in [1.165, 1.54) is 24.0 Å². The van der Waals surface area contributed by atoms with Crippen LogP contribution in [0.25, 0.3) is 11.1 Å². The molecule has 0 aliphatic carbocycles. The van der Waals surface area contributed by atoms with Crippen molar-refractivity contribution in [3.05, 3.63) is 59.4 Å². The molecule has 0 atom stereocenters. The van der Waals surface area contributed by atoms with E-state index in [9.17, 15) is 22.4 Å². The fourth-order valence-corrected chi connectivity index (χ4v) is 2.84. The van der Waals surface area contributed by atoms with Crippen LogP contribution in [0.3, 0.4) is 0 Å². The Hall–Kier alpha value is -2.68. The van der Waals surface area contributed by atoms with Crippen molar-refractivity contribution in [3.63, 3.8) is 0 Å². The summed E-state index contributed by atoms with van der Waals surface area (Å²) in [6.07, 6.45) is -3.30. The molecule has 0 unspecified atom stereocenters. The zero-order chi connectivity index (χ0) is 18.7. The number of hydrogen-bond donors (Lipinski definition) is 1. The van der Waals surface area contributed by atoms with Crippen molar-refractivity contribution >= 4 is 29.1 Å². The largest absolute Gasteiger partial charge is 0.419 e. The number of amidine groups is 1. The Bertz CT molecular complexity index is 892. The Balaban J connectivity index is 1.77. The fourth-order valence-electron chi connectivity index (χ4n) is 2.21. The molecule has 0 aromatic heterocycles. The van der Waals surface area contributed by atoms with Crippen molar-refractivity contribution in [1.82, 2.24) is 5.32 Å². The van der Waals surface area contributed by atoms with E-state index in [4.69, 9.17) is 0 Å². The van der Waals surface area contributed by atoms with E-state index in [2.05, 4.69) is 15.5 Å². The molecule has 1 saturated heterocycles. The third kappa shape index (κ3) is 4.29. The number of halogens is 4. The molecule has 1 fully saturated rings. The lowest BCUT2D eigenvalue weighted by molar-refractivity contribution is -0.140. The normalized spacial score (nSPS) is 16.5. The van der Waals surface area contributed by atoms with Crippen LogP contribution in [0.2, 0.25) is 0 Å². The van der Waals surface area contributed by atoms with Crippen LogP contribution in [-0.4, -0.2) is 23.0 Å². The summed E-state index contributed by atoms with van der Waals surface area (Å²) in [6, 6.07) is 9.38. The molecule has 134 valence electrons. The third-order valence-electron chi connectivity index (χ3n) is 3.46. The zero-order valence-electron chi connectivity index (χ0n) is 13.0. The van der Waals surface area contributed by atoms with Gasteiger partial charge in [-0.2, -0.15) is 18.3 Å². The second-order valence-corrected chi connectivity index (χ2v) is 6.27. The van der Waals surface area contributed by atoms with Gasteiger partial charge in [0.25, 0.3) is 0 Å². The molecule has 0 spiro atoms. The highest BCUT2D eigenvalue weighted by atomic mass is 32.2. The molecule has 1 amide bonds. The average Bonchev–Trinajstić information content (AvgIpc) is 3.00. The first-order chi connectivity index (χ1) is 12.3. The molecule has 1 aliphatic heterocycles. The van der Waals surface area contributed by atoms with Gasteiger partial charge in [-0.3, -0.25) is 4.79 Å². The van der Waals surface area contributed by atoms with E-state index < -0.39 is 17.6 Å². The van der Waals surface area contributed by atoms with Gasteiger partial charge in [0.15, 0.2) is 5.17 Å². The summed E-state index contributed by atoms with van der Waals surface area (Å²) >= 11 is 1.24. The van der Waals surface area contributed by atoms with E-state index in [0.717, 1.165) is 12.1 Å². The van der Waals surface area contributed by atoms with Gasteiger partial charge in [-0.1, -0.05) is 42.1 Å². The van der Waals surface area contributed by atoms with Crippen LogP contribution in [-0.2, 0) is 11.0 Å². The number of thioether (sulfide) groups is 1. The van der Waals surface area contributed by atoms with Crippen LogP contribution < -0.4 is 5.32 Å². The zero-order valence-corrected chi connectivity index (χ0v) is 13.9. The summed E-state index contributed by atoms with van der Waals surface area (Å²) in [6.45, 7) is 0. The predicted molar refractivity (Wildman–Crippen MR) is 92.5 cm³/mol. The molecule has 1 heterocycles. The highest BCUT2D eigenvalue weighted by molar-refractivity contribution is 8.15. The summed E-state index contributed by atoms with van der Waals surface area (Å²) in [5, 5.41) is 10.6. The Morgan fingerprint density at radius 3 is 2.38 bits per heavy atom. The molecule has 4 nitrogen and oxygen atoms in total. The van der Waals surface area contributed by atoms with Gasteiger partial charge < -0.3 is 5.32 Å². The number of amides is 1. The average molecular weight is 381 g/mol. The quantitative estimate of drug-likeness (QED) is 0.495. The number of carbonyl (C=O) groups excluding carboxylic acids is 1. The van der Waals surface area contributed by atoms with Gasteiger partial charge >= 0.3 is 6.18 Å². The van der Waals surface area contributed by atoms with Crippen LogP contribution >= 0.6 is 11.8 Å². The molecule has 1 aliphatic rings. The van der Waals surface area contributed by atoms with E-state index in [0.29, 0.717) is 22.0 Å². The minimum Gasteiger partial charge on any atom is -0.303 e. The van der Waals surface area contributed by atoms with E-state index in [-0.39, 0.29) is 11.5 Å². The monoisotopic (exact) mass is 381 g/mol. The van der Waals surface area contributed by atoms with Crippen molar-refractivity contribution < 1.29 is 22.4 Å². The van der Waals surface area contributed by atoms with Gasteiger partial charge in [0, 0.05) is 0 Å². The minimum absolute atomic E-state index is 0.133. The predicted octanol–water partition coefficient (Wildman–Crippen LogP) is 4.06. The maximum Gasteiger partial charge on any atom is 0.419 e. The van der Waals surface area contributed by atoms with Crippen molar-refractivity contribution in [2.24, 2.45) is 10.2 Å². The number of hydrogen-bond acceptors (Lipinski definition) is 4. The number of benzene rings is 2. The molecule has 2 aromatic rings. The second kappa shape index (κ2) is 7.28. The number of carbonyl (C=O) groups is 1. The molecule has 0 bridgehead atoms. The topological polar surface area (TPSA) is 53.8 Å². The summed E-state index contributed by atoms with van der Waals surface area (Å²) < 4.78 is 51.8. The summed E-state index contributed by atoms with van der Waals surface area (Å²) in [4.78, 5) is 11.0. The first kappa shape index (κ1) is 18.1. The van der Waals surface area contributed by atoms with E-state index >= 15 is 0 Å². The Morgan fingerprint density at radius 2 is 1.77 bits per heavy atom. The van der Waals surface area contributed by atoms with Crippen molar-refractivity contribution in [3.8, 4) is 11.1 Å². The molecule has 26 heavy (non-hydrogen) atoms. The summed E-state index contributed by atoms with van der Waals surface area (Å²) in [5.74, 6) is -1.13. The lowest BCUT2D eigenvalue weighted by Crippen LogP contribution is -2.19. The van der Waals surface area contributed by atoms with Crippen LogP contribution in [0.4, 0.5) is 17.6 Å². The van der Waals surface area contributed by atoms with Gasteiger partial charge in [0.05, 0.1) is 17.5 Å². The summed E-state index contributed by atoms with van der Waals surface area (Å²) in [7, 11) is 0. The summed E-state index contributed by atoms with van der Waals surface area (Å²) in [5.41, 5.74) is 0.142. The molecular formula is C17H11F4N3OS. The lowest BCUT2D eigenvalue weighted by Gasteiger charge is -2.10. The second-order valence-electron chi connectivity index (χ2n) is 5.30. The van der Waals surface area contributed by atoms with Gasteiger partial charge in [0.2, 0.25) is 5.91 Å². The molecule has 0 saturated carbocycles. The van der Waals surface area contributed by atoms with Gasteiger partial charge in [-0.05, 0) is 28.8 Å². The highest BCUT2D eigenvalue weighted by Gasteiger charge is 2.34. The lowest BCUT2D eigenvalue weighted by atomic mass is 10.0. The molecule has 3 rings (SSSR count). The van der Waals surface area contributed by atoms with Crippen molar-refractivity contribution in [2.45, 2.75) is 6.18 Å². The molecule has 9 heteroatoms. The van der Waals surface area contributed by atoms with Crippen molar-refractivity contribution in [2.75, 3.05) is 5.75 Å². The maximum absolute atomic E-state index is 13.4. The van der Waals surface area contributed by atoms with Gasteiger partial charge in [-0.25, -0.2) is 4.39 Å². The molecule has 0 radical (unpaired) electrons. The molecular weight excluding hydrogens is 370 g/mol. The van der Waals surface area contributed by atoms with Crippen LogP contribution in [0, 0.1) is 5.82 Å². The number of alkyl halides is 3. The first-order valence-electron chi connectivity index (χ1n) is 7.34. The fraction of sp³-hybridized carbons (Fsp3) is 0.118. The number of nitrogens with zero attached hydrogens (tertiary/aromatic N) is 2. The smallest absolute Gasteiger partial charge is 0.303 e. The van der Waals surface area contributed by atoms with Crippen LogP contribution in [0.5, 0.6) is 0 Å². The van der Waals surface area contributed by atoms with Crippen LogP contribution in [0.1, 0.15) is 11.1 Å². The van der Waals surface area contributed by atoms with E-state index in [1.807, 2.05) is 0 Å².